The van der Waals surface area contributed by atoms with Crippen molar-refractivity contribution in [3.05, 3.63) is 29.6 Å². The van der Waals surface area contributed by atoms with Crippen LogP contribution in [0, 0.1) is 5.82 Å². The predicted molar refractivity (Wildman–Crippen MR) is 79.8 cm³/mol. The Kier molecular flexibility index (Phi) is 4.98. The molecule has 1 aliphatic rings. The van der Waals surface area contributed by atoms with Crippen LogP contribution in [-0.2, 0) is 16.6 Å². The number of nitrogens with zero attached hydrogens (tertiary/aromatic N) is 2. The molecular formula is C14H22FN3O2S. The van der Waals surface area contributed by atoms with E-state index in [4.69, 9.17) is 5.73 Å². The summed E-state index contributed by atoms with van der Waals surface area (Å²) in [6.45, 7) is 3.90. The smallest absolute Gasteiger partial charge is 0.243 e. The van der Waals surface area contributed by atoms with Crippen molar-refractivity contribution in [1.82, 2.24) is 9.21 Å². The number of nitrogens with two attached hydrogens (primary N) is 1. The van der Waals surface area contributed by atoms with E-state index >= 15 is 0 Å². The highest BCUT2D eigenvalue weighted by atomic mass is 32.2. The van der Waals surface area contributed by atoms with Crippen molar-refractivity contribution in [2.75, 3.05) is 26.7 Å². The molecule has 1 atom stereocenters. The van der Waals surface area contributed by atoms with Crippen molar-refractivity contribution in [2.24, 2.45) is 5.73 Å². The standard InChI is InChI=1S/C14H22FN3O2S/c1-11-10-17(2)6-3-7-18(11)21(19,20)13-4-5-14(15)12(8-13)9-16/h4-5,8,11H,3,6-7,9-10,16H2,1-2H3. The van der Waals surface area contributed by atoms with E-state index < -0.39 is 15.8 Å². The van der Waals surface area contributed by atoms with Gasteiger partial charge in [0.2, 0.25) is 10.0 Å². The number of hydrogen-bond acceptors (Lipinski definition) is 4. The van der Waals surface area contributed by atoms with Gasteiger partial charge in [-0.15, -0.1) is 0 Å². The maximum atomic E-state index is 13.5. The van der Waals surface area contributed by atoms with E-state index in [0.717, 1.165) is 13.0 Å². The van der Waals surface area contributed by atoms with Crippen LogP contribution in [0.15, 0.2) is 23.1 Å². The van der Waals surface area contributed by atoms with Crippen LogP contribution in [0.2, 0.25) is 0 Å². The van der Waals surface area contributed by atoms with Crippen LogP contribution < -0.4 is 5.73 Å². The van der Waals surface area contributed by atoms with Crippen molar-refractivity contribution < 1.29 is 12.8 Å². The molecule has 0 amide bonds. The Hall–Kier alpha value is -1.02. The van der Waals surface area contributed by atoms with Gasteiger partial charge in [0.05, 0.1) is 4.90 Å². The van der Waals surface area contributed by atoms with Gasteiger partial charge in [0.25, 0.3) is 0 Å². The van der Waals surface area contributed by atoms with Crippen LogP contribution in [-0.4, -0.2) is 50.3 Å². The molecule has 1 heterocycles. The lowest BCUT2D eigenvalue weighted by atomic mass is 10.2. The summed E-state index contributed by atoms with van der Waals surface area (Å²) >= 11 is 0. The molecule has 0 aliphatic carbocycles. The SMILES string of the molecule is CC1CN(C)CCCN1S(=O)(=O)c1ccc(F)c(CN)c1. The lowest BCUT2D eigenvalue weighted by Crippen LogP contribution is -2.41. The Labute approximate surface area is 125 Å². The molecule has 1 unspecified atom stereocenters. The fourth-order valence-corrected chi connectivity index (χ4v) is 4.42. The highest BCUT2D eigenvalue weighted by Crippen LogP contribution is 2.23. The van der Waals surface area contributed by atoms with Crippen LogP contribution >= 0.6 is 0 Å². The molecule has 21 heavy (non-hydrogen) atoms. The van der Waals surface area contributed by atoms with Crippen LogP contribution in [0.1, 0.15) is 18.9 Å². The minimum atomic E-state index is -3.62. The van der Waals surface area contributed by atoms with Crippen molar-refractivity contribution in [2.45, 2.75) is 30.8 Å². The normalized spacial score (nSPS) is 22.2. The molecule has 0 spiro atoms. The van der Waals surface area contributed by atoms with Crippen LogP contribution in [0.4, 0.5) is 4.39 Å². The second-order valence-corrected chi connectivity index (χ2v) is 7.43. The van der Waals surface area contributed by atoms with Crippen molar-refractivity contribution in [3.63, 3.8) is 0 Å². The third-order valence-corrected chi connectivity index (χ3v) is 5.84. The summed E-state index contributed by atoms with van der Waals surface area (Å²) in [4.78, 5) is 2.23. The molecule has 0 aromatic heterocycles. The topological polar surface area (TPSA) is 66.6 Å². The Morgan fingerprint density at radius 1 is 1.38 bits per heavy atom. The maximum absolute atomic E-state index is 13.5. The molecule has 7 heteroatoms. The van der Waals surface area contributed by atoms with Crippen molar-refractivity contribution >= 4 is 10.0 Å². The maximum Gasteiger partial charge on any atom is 0.243 e. The van der Waals surface area contributed by atoms with Crippen LogP contribution in [0.25, 0.3) is 0 Å². The van der Waals surface area contributed by atoms with Gasteiger partial charge < -0.3 is 10.6 Å². The molecule has 2 N–H and O–H groups in total. The number of sulfonamides is 1. The minimum absolute atomic E-state index is 0.0204. The van der Waals surface area contributed by atoms with Gasteiger partial charge in [0, 0.05) is 31.2 Å². The van der Waals surface area contributed by atoms with Crippen molar-refractivity contribution in [1.29, 1.82) is 0 Å². The minimum Gasteiger partial charge on any atom is -0.326 e. The summed E-state index contributed by atoms with van der Waals surface area (Å²) in [5, 5.41) is 0. The first-order valence-electron chi connectivity index (χ1n) is 7.05. The largest absolute Gasteiger partial charge is 0.326 e. The van der Waals surface area contributed by atoms with Gasteiger partial charge in [0.1, 0.15) is 5.82 Å². The zero-order chi connectivity index (χ0) is 15.6. The Balaban J connectivity index is 2.36. The molecule has 2 rings (SSSR count). The second kappa shape index (κ2) is 6.39. The Morgan fingerprint density at radius 3 is 2.76 bits per heavy atom. The van der Waals surface area contributed by atoms with Gasteiger partial charge in [-0.25, -0.2) is 12.8 Å². The monoisotopic (exact) mass is 315 g/mol. The van der Waals surface area contributed by atoms with Gasteiger partial charge in [-0.1, -0.05) is 0 Å². The fraction of sp³-hybridized carbons (Fsp3) is 0.571. The average molecular weight is 315 g/mol. The summed E-state index contributed by atoms with van der Waals surface area (Å²) < 4.78 is 40.6. The molecule has 5 nitrogen and oxygen atoms in total. The summed E-state index contributed by atoms with van der Waals surface area (Å²) in [6, 6.07) is 3.70. The van der Waals surface area contributed by atoms with Gasteiger partial charge in [-0.3, -0.25) is 0 Å². The van der Waals surface area contributed by atoms with E-state index in [1.165, 1.54) is 22.5 Å². The van der Waals surface area contributed by atoms with Gasteiger partial charge in [-0.05, 0) is 45.1 Å². The first kappa shape index (κ1) is 16.4. The van der Waals surface area contributed by atoms with E-state index in [0.29, 0.717) is 13.1 Å². The molecule has 1 aliphatic heterocycles. The molecule has 1 aromatic carbocycles. The Bertz CT molecular complexity index is 606. The summed E-state index contributed by atoms with van der Waals surface area (Å²) in [5.41, 5.74) is 5.67. The summed E-state index contributed by atoms with van der Waals surface area (Å²) in [6.07, 6.45) is 0.783. The number of hydrogen-bond donors (Lipinski definition) is 1. The van der Waals surface area contributed by atoms with E-state index in [1.54, 1.807) is 0 Å². The predicted octanol–water partition coefficient (Wildman–Crippen LogP) is 0.999. The molecule has 1 aromatic rings. The van der Waals surface area contributed by atoms with Crippen LogP contribution in [0.5, 0.6) is 0 Å². The third-order valence-electron chi connectivity index (χ3n) is 3.83. The summed E-state index contributed by atoms with van der Waals surface area (Å²) in [7, 11) is -1.64. The van der Waals surface area contributed by atoms with E-state index in [9.17, 15) is 12.8 Å². The molecule has 0 saturated carbocycles. The van der Waals surface area contributed by atoms with Crippen molar-refractivity contribution in [3.8, 4) is 0 Å². The first-order valence-corrected chi connectivity index (χ1v) is 8.49. The molecular weight excluding hydrogens is 293 g/mol. The zero-order valence-electron chi connectivity index (χ0n) is 12.4. The fourth-order valence-electron chi connectivity index (χ4n) is 2.71. The molecule has 0 radical (unpaired) electrons. The molecule has 1 saturated heterocycles. The first-order chi connectivity index (χ1) is 9.86. The van der Waals surface area contributed by atoms with E-state index in [-0.39, 0.29) is 23.0 Å². The molecule has 0 bridgehead atoms. The zero-order valence-corrected chi connectivity index (χ0v) is 13.2. The van der Waals surface area contributed by atoms with E-state index in [2.05, 4.69) is 4.90 Å². The highest BCUT2D eigenvalue weighted by Gasteiger charge is 2.31. The average Bonchev–Trinajstić information content (AvgIpc) is 2.59. The second-order valence-electron chi connectivity index (χ2n) is 5.54. The summed E-state index contributed by atoms with van der Waals surface area (Å²) in [5.74, 6) is -0.472. The lowest BCUT2D eigenvalue weighted by Gasteiger charge is -2.27. The Morgan fingerprint density at radius 2 is 2.10 bits per heavy atom. The third kappa shape index (κ3) is 3.42. The van der Waals surface area contributed by atoms with Crippen LogP contribution in [0.3, 0.4) is 0 Å². The van der Waals surface area contributed by atoms with Gasteiger partial charge >= 0.3 is 0 Å². The number of benzene rings is 1. The van der Waals surface area contributed by atoms with E-state index in [1.807, 2.05) is 14.0 Å². The molecule has 118 valence electrons. The number of rotatable bonds is 3. The lowest BCUT2D eigenvalue weighted by molar-refractivity contribution is 0.290. The molecule has 1 fully saturated rings. The number of likely N-dealkylation sites (N-methyl/N-ethyl adjacent to an activating group) is 1. The quantitative estimate of drug-likeness (QED) is 0.903. The van der Waals surface area contributed by atoms with Gasteiger partial charge in [0.15, 0.2) is 0 Å². The number of halogens is 1. The highest BCUT2D eigenvalue weighted by molar-refractivity contribution is 7.89. The van der Waals surface area contributed by atoms with Gasteiger partial charge in [-0.2, -0.15) is 4.31 Å².